The second-order valence-electron chi connectivity index (χ2n) is 8.82. The summed E-state index contributed by atoms with van der Waals surface area (Å²) in [5, 5.41) is 0. The zero-order valence-electron chi connectivity index (χ0n) is 18.2. The van der Waals surface area contributed by atoms with Crippen LogP contribution < -0.4 is 4.90 Å². The lowest BCUT2D eigenvalue weighted by Gasteiger charge is -2.56. The second-order valence-corrected chi connectivity index (χ2v) is 9.73. The molecule has 2 atom stereocenters. The van der Waals surface area contributed by atoms with Crippen LogP contribution >= 0.6 is 15.9 Å². The van der Waals surface area contributed by atoms with Crippen LogP contribution in [0.25, 0.3) is 0 Å². The molecule has 2 bridgehead atoms. The van der Waals surface area contributed by atoms with Crippen molar-refractivity contribution in [1.82, 2.24) is 0 Å². The Hall–Kier alpha value is -2.80. The number of hydrogen-bond acceptors (Lipinski definition) is 4. The Morgan fingerprint density at radius 3 is 1.91 bits per heavy atom. The molecule has 0 saturated carbocycles. The minimum Gasteiger partial charge on any atom is -0.355 e. The van der Waals surface area contributed by atoms with E-state index in [4.69, 9.17) is 9.47 Å². The number of benzene rings is 3. The first-order chi connectivity index (χ1) is 16.1. The predicted octanol–water partition coefficient (Wildman–Crippen LogP) is 4.62. The molecule has 0 aromatic heterocycles. The summed E-state index contributed by atoms with van der Waals surface area (Å²) in [6.45, 7) is 0. The first-order valence-electron chi connectivity index (χ1n) is 10.9. The van der Waals surface area contributed by atoms with Gasteiger partial charge in [0, 0.05) is 24.6 Å². The first kappa shape index (κ1) is 20.8. The number of hydrogen-bond donors (Lipinski definition) is 0. The Kier molecular flexibility index (Phi) is 4.63. The van der Waals surface area contributed by atoms with Crippen molar-refractivity contribution >= 4 is 33.4 Å². The van der Waals surface area contributed by atoms with Crippen LogP contribution in [0.15, 0.2) is 77.3 Å². The maximum atomic E-state index is 14.2. The molecule has 2 amide bonds. The van der Waals surface area contributed by atoms with E-state index in [1.165, 1.54) is 4.90 Å². The Labute approximate surface area is 200 Å². The fourth-order valence-corrected chi connectivity index (χ4v) is 6.81. The molecule has 0 N–H and O–H groups in total. The van der Waals surface area contributed by atoms with Crippen LogP contribution in [0, 0.1) is 11.8 Å². The number of halogens is 1. The molecule has 3 aromatic rings. The maximum Gasteiger partial charge on any atom is 0.239 e. The monoisotopic (exact) mass is 503 g/mol. The van der Waals surface area contributed by atoms with Gasteiger partial charge in [-0.15, -0.1) is 0 Å². The van der Waals surface area contributed by atoms with Crippen molar-refractivity contribution in [2.45, 2.75) is 17.6 Å². The van der Waals surface area contributed by atoms with E-state index >= 15 is 0 Å². The third-order valence-electron chi connectivity index (χ3n) is 7.57. The van der Waals surface area contributed by atoms with Gasteiger partial charge < -0.3 is 9.47 Å². The number of ether oxygens (including phenoxy) is 2. The van der Waals surface area contributed by atoms with E-state index in [0.717, 1.165) is 26.7 Å². The topological polar surface area (TPSA) is 55.8 Å². The van der Waals surface area contributed by atoms with Gasteiger partial charge in [0.2, 0.25) is 11.8 Å². The number of nitrogens with zero attached hydrogens (tertiary/aromatic N) is 1. The Bertz CT molecular complexity index is 1240. The first-order valence-corrected chi connectivity index (χ1v) is 11.7. The highest BCUT2D eigenvalue weighted by atomic mass is 79.9. The molecule has 7 rings (SSSR count). The van der Waals surface area contributed by atoms with Crippen molar-refractivity contribution in [1.29, 1.82) is 0 Å². The molecule has 166 valence electrons. The van der Waals surface area contributed by atoms with Crippen LogP contribution in [0.2, 0.25) is 0 Å². The van der Waals surface area contributed by atoms with Crippen LogP contribution in [0.3, 0.4) is 0 Å². The molecular weight excluding hydrogens is 482 g/mol. The second kappa shape index (κ2) is 7.35. The van der Waals surface area contributed by atoms with Crippen molar-refractivity contribution in [2.24, 2.45) is 11.8 Å². The van der Waals surface area contributed by atoms with Gasteiger partial charge in [-0.25, -0.2) is 4.90 Å². The van der Waals surface area contributed by atoms with Gasteiger partial charge in [0.25, 0.3) is 0 Å². The lowest BCUT2D eigenvalue weighted by molar-refractivity contribution is -0.168. The van der Waals surface area contributed by atoms with E-state index in [1.807, 2.05) is 36.4 Å². The zero-order valence-corrected chi connectivity index (χ0v) is 19.8. The molecule has 5 nitrogen and oxygen atoms in total. The van der Waals surface area contributed by atoms with Gasteiger partial charge in [-0.1, -0.05) is 64.5 Å². The Morgan fingerprint density at radius 2 is 1.36 bits per heavy atom. The third-order valence-corrected chi connectivity index (χ3v) is 8.10. The lowest BCUT2D eigenvalue weighted by atomic mass is 9.47. The van der Waals surface area contributed by atoms with Crippen LogP contribution in [0.5, 0.6) is 0 Å². The number of imide groups is 1. The average molecular weight is 504 g/mol. The van der Waals surface area contributed by atoms with E-state index in [9.17, 15) is 9.59 Å². The average Bonchev–Trinajstić information content (AvgIpc) is 3.12. The normalized spacial score (nSPS) is 27.0. The molecule has 1 heterocycles. The van der Waals surface area contributed by atoms with Crippen molar-refractivity contribution in [2.75, 3.05) is 19.1 Å². The van der Waals surface area contributed by atoms with E-state index < -0.39 is 23.5 Å². The molecular formula is C27H22BrNO4. The van der Waals surface area contributed by atoms with Crippen LogP contribution in [-0.4, -0.2) is 32.3 Å². The highest BCUT2D eigenvalue weighted by Crippen LogP contribution is 2.65. The highest BCUT2D eigenvalue weighted by molar-refractivity contribution is 9.10. The van der Waals surface area contributed by atoms with E-state index in [1.54, 1.807) is 26.4 Å². The number of methoxy groups -OCH3 is 2. The minimum absolute atomic E-state index is 0.170. The van der Waals surface area contributed by atoms with Crippen LogP contribution in [0.1, 0.15) is 28.2 Å². The molecule has 1 saturated heterocycles. The van der Waals surface area contributed by atoms with Gasteiger partial charge in [0.05, 0.1) is 22.9 Å². The maximum absolute atomic E-state index is 14.2. The van der Waals surface area contributed by atoms with Crippen molar-refractivity contribution in [3.63, 3.8) is 0 Å². The van der Waals surface area contributed by atoms with Gasteiger partial charge in [-0.3, -0.25) is 9.59 Å². The largest absolute Gasteiger partial charge is 0.355 e. The van der Waals surface area contributed by atoms with Gasteiger partial charge in [0.15, 0.2) is 6.29 Å². The van der Waals surface area contributed by atoms with Crippen molar-refractivity contribution in [3.8, 4) is 0 Å². The molecule has 4 aliphatic rings. The summed E-state index contributed by atoms with van der Waals surface area (Å²) in [5.41, 5.74) is 3.78. The summed E-state index contributed by atoms with van der Waals surface area (Å²) in [6, 6.07) is 23.5. The van der Waals surface area contributed by atoms with Crippen LogP contribution in [-0.2, 0) is 24.5 Å². The predicted molar refractivity (Wildman–Crippen MR) is 127 cm³/mol. The number of anilines is 1. The van der Waals surface area contributed by atoms with Crippen molar-refractivity contribution < 1.29 is 19.1 Å². The SMILES string of the molecule is COC(OC)C12c3ccccc3C(c3ccccc31)[C@@H]1C(=O)N(c3ccc(Br)cc3)C(=O)[C@H]12. The van der Waals surface area contributed by atoms with Crippen molar-refractivity contribution in [3.05, 3.63) is 99.5 Å². The summed E-state index contributed by atoms with van der Waals surface area (Å²) in [6.07, 6.45) is -0.741. The molecule has 6 heteroatoms. The van der Waals surface area contributed by atoms with E-state index in [2.05, 4.69) is 40.2 Å². The zero-order chi connectivity index (χ0) is 22.9. The van der Waals surface area contributed by atoms with Crippen LogP contribution in [0.4, 0.5) is 5.69 Å². The summed E-state index contributed by atoms with van der Waals surface area (Å²) in [7, 11) is 3.19. The van der Waals surface area contributed by atoms with Gasteiger partial charge in [-0.2, -0.15) is 0 Å². The fraction of sp³-hybridized carbons (Fsp3) is 0.259. The van der Waals surface area contributed by atoms with E-state index in [0.29, 0.717) is 5.69 Å². The molecule has 1 fully saturated rings. The molecule has 33 heavy (non-hydrogen) atoms. The number of carbonyl (C=O) groups excluding carboxylic acids is 2. The standard InChI is InChI=1S/C27H22BrNO4/c1-32-26(33-2)27-19-9-5-3-7-17(19)21(18-8-4-6-10-20(18)27)22-23(27)25(31)29(24(22)30)16-13-11-15(28)12-14-16/h3-14,21-23,26H,1-2H3/t21?,22-,23-,27?/m0/s1. The summed E-state index contributed by atoms with van der Waals surface area (Å²) in [5.74, 6) is -1.74. The lowest BCUT2D eigenvalue weighted by Crippen LogP contribution is -2.60. The van der Waals surface area contributed by atoms with Gasteiger partial charge >= 0.3 is 0 Å². The number of carbonyl (C=O) groups is 2. The number of amides is 2. The molecule has 0 unspecified atom stereocenters. The highest BCUT2D eigenvalue weighted by Gasteiger charge is 2.71. The molecule has 3 aromatic carbocycles. The van der Waals surface area contributed by atoms with E-state index in [-0.39, 0.29) is 17.7 Å². The number of rotatable bonds is 4. The molecule has 1 aliphatic heterocycles. The summed E-state index contributed by atoms with van der Waals surface area (Å²) < 4.78 is 12.7. The smallest absolute Gasteiger partial charge is 0.239 e. The summed E-state index contributed by atoms with van der Waals surface area (Å²) >= 11 is 3.44. The fourth-order valence-electron chi connectivity index (χ4n) is 6.54. The molecule has 0 spiro atoms. The third kappa shape index (κ3) is 2.49. The Morgan fingerprint density at radius 1 is 0.818 bits per heavy atom. The summed E-state index contributed by atoms with van der Waals surface area (Å²) in [4.78, 5) is 29.5. The minimum atomic E-state index is -0.938. The molecule has 0 radical (unpaired) electrons. The quantitative estimate of drug-likeness (QED) is 0.385. The van der Waals surface area contributed by atoms with Gasteiger partial charge in [0.1, 0.15) is 0 Å². The molecule has 3 aliphatic carbocycles. The van der Waals surface area contributed by atoms with Gasteiger partial charge in [-0.05, 0) is 46.5 Å². The Balaban J connectivity index is 1.67.